The van der Waals surface area contributed by atoms with Crippen LogP contribution in [0.5, 0.6) is 0 Å². The van der Waals surface area contributed by atoms with Crippen molar-refractivity contribution in [1.82, 2.24) is 9.29 Å². The van der Waals surface area contributed by atoms with Gasteiger partial charge in [-0.3, -0.25) is 4.98 Å². The van der Waals surface area contributed by atoms with Crippen molar-refractivity contribution in [1.29, 1.82) is 0 Å². The maximum atomic E-state index is 12.7. The highest BCUT2D eigenvalue weighted by Crippen LogP contribution is 2.27. The number of pyridine rings is 1. The number of anilines is 1. The van der Waals surface area contributed by atoms with E-state index >= 15 is 0 Å². The van der Waals surface area contributed by atoms with Gasteiger partial charge in [-0.05, 0) is 31.7 Å². The Morgan fingerprint density at radius 2 is 2.05 bits per heavy atom. The number of nitrogens with one attached hydrogen (secondary N) is 1. The van der Waals surface area contributed by atoms with Crippen LogP contribution in [0.2, 0.25) is 0 Å². The van der Waals surface area contributed by atoms with Gasteiger partial charge < -0.3 is 5.32 Å². The molecule has 0 bridgehead atoms. The molecule has 1 fully saturated rings. The zero-order valence-electron chi connectivity index (χ0n) is 12.9. The minimum Gasteiger partial charge on any atom is -0.384 e. The Balaban J connectivity index is 2.16. The predicted molar refractivity (Wildman–Crippen MR) is 84.8 cm³/mol. The van der Waals surface area contributed by atoms with Gasteiger partial charge in [-0.15, -0.1) is 0 Å². The number of sulfonamides is 1. The lowest BCUT2D eigenvalue weighted by molar-refractivity contribution is 0.300. The molecule has 0 unspecified atom stereocenters. The maximum absolute atomic E-state index is 12.7. The van der Waals surface area contributed by atoms with E-state index in [1.807, 2.05) is 6.92 Å². The Hall–Kier alpha value is -1.14. The number of nitrogens with zero attached hydrogens (tertiary/aromatic N) is 2. The van der Waals surface area contributed by atoms with Gasteiger partial charge >= 0.3 is 0 Å². The quantitative estimate of drug-likeness (QED) is 0.877. The maximum Gasteiger partial charge on any atom is 0.246 e. The van der Waals surface area contributed by atoms with Crippen molar-refractivity contribution in [3.05, 3.63) is 18.5 Å². The van der Waals surface area contributed by atoms with Crippen molar-refractivity contribution in [2.75, 3.05) is 25.5 Å². The van der Waals surface area contributed by atoms with E-state index in [9.17, 15) is 8.42 Å². The molecule has 5 nitrogen and oxygen atoms in total. The van der Waals surface area contributed by atoms with Gasteiger partial charge in [0.15, 0.2) is 0 Å². The van der Waals surface area contributed by atoms with Gasteiger partial charge in [-0.1, -0.05) is 19.3 Å². The van der Waals surface area contributed by atoms with Crippen LogP contribution in [-0.2, 0) is 10.0 Å². The number of hydrogen-bond acceptors (Lipinski definition) is 4. The van der Waals surface area contributed by atoms with Crippen LogP contribution in [0.15, 0.2) is 23.4 Å². The van der Waals surface area contributed by atoms with Crippen molar-refractivity contribution in [2.24, 2.45) is 5.92 Å². The van der Waals surface area contributed by atoms with E-state index in [1.165, 1.54) is 29.8 Å². The fourth-order valence-corrected chi connectivity index (χ4v) is 4.28. The minimum absolute atomic E-state index is 0.269. The Bertz CT molecular complexity index is 554. The second-order valence-electron chi connectivity index (χ2n) is 5.69. The Labute approximate surface area is 127 Å². The molecule has 1 aromatic rings. The lowest BCUT2D eigenvalue weighted by atomic mass is 9.89. The van der Waals surface area contributed by atoms with E-state index in [1.54, 1.807) is 19.3 Å². The van der Waals surface area contributed by atoms with E-state index in [4.69, 9.17) is 0 Å². The molecule has 0 amide bonds. The van der Waals surface area contributed by atoms with Gasteiger partial charge in [0.25, 0.3) is 0 Å². The van der Waals surface area contributed by atoms with E-state index in [-0.39, 0.29) is 4.90 Å². The fraction of sp³-hybridized carbons (Fsp3) is 0.667. The van der Waals surface area contributed by atoms with Crippen LogP contribution in [0.1, 0.15) is 39.0 Å². The zero-order chi connectivity index (χ0) is 15.3. The topological polar surface area (TPSA) is 62.3 Å². The highest BCUT2D eigenvalue weighted by atomic mass is 32.2. The largest absolute Gasteiger partial charge is 0.384 e. The van der Waals surface area contributed by atoms with Gasteiger partial charge in [0.2, 0.25) is 10.0 Å². The summed E-state index contributed by atoms with van der Waals surface area (Å²) in [6.45, 7) is 3.23. The molecule has 6 heteroatoms. The van der Waals surface area contributed by atoms with Crippen molar-refractivity contribution in [2.45, 2.75) is 43.9 Å². The van der Waals surface area contributed by atoms with E-state index in [0.717, 1.165) is 12.8 Å². The summed E-state index contributed by atoms with van der Waals surface area (Å²) >= 11 is 0. The van der Waals surface area contributed by atoms with Gasteiger partial charge in [0.1, 0.15) is 4.90 Å². The smallest absolute Gasteiger partial charge is 0.246 e. The number of rotatable bonds is 6. The molecule has 0 radical (unpaired) electrons. The Morgan fingerprint density at radius 1 is 1.33 bits per heavy atom. The molecule has 1 heterocycles. The molecular weight excluding hydrogens is 286 g/mol. The molecule has 0 spiro atoms. The Kier molecular flexibility index (Phi) is 5.58. The molecule has 118 valence electrons. The highest BCUT2D eigenvalue weighted by Gasteiger charge is 2.27. The van der Waals surface area contributed by atoms with Crippen LogP contribution in [0, 0.1) is 5.92 Å². The lowest BCUT2D eigenvalue weighted by Crippen LogP contribution is -2.33. The minimum atomic E-state index is -3.48. The first kappa shape index (κ1) is 16.2. The third-order valence-electron chi connectivity index (χ3n) is 4.08. The summed E-state index contributed by atoms with van der Waals surface area (Å²) in [5.41, 5.74) is 0.628. The van der Waals surface area contributed by atoms with Gasteiger partial charge in [-0.25, -0.2) is 12.7 Å². The number of hydrogen-bond donors (Lipinski definition) is 1. The van der Waals surface area contributed by atoms with Gasteiger partial charge in [0, 0.05) is 32.5 Å². The SMILES string of the molecule is CCNc1ccncc1S(=O)(=O)N(C)CC1CCCCC1. The molecule has 0 saturated heterocycles. The number of aromatic nitrogens is 1. The second kappa shape index (κ2) is 7.22. The van der Waals surface area contributed by atoms with Crippen molar-refractivity contribution in [3.8, 4) is 0 Å². The monoisotopic (exact) mass is 311 g/mol. The molecule has 1 aromatic heterocycles. The standard InChI is InChI=1S/C15H25N3O2S/c1-3-17-14-9-10-16-11-15(14)21(19,20)18(2)12-13-7-5-4-6-8-13/h9-11,13H,3-8,12H2,1-2H3,(H,16,17). The third-order valence-corrected chi connectivity index (χ3v) is 5.93. The second-order valence-corrected chi connectivity index (χ2v) is 7.71. The molecule has 1 aliphatic rings. The molecule has 1 aliphatic carbocycles. The van der Waals surface area contributed by atoms with Crippen LogP contribution < -0.4 is 5.32 Å². The van der Waals surface area contributed by atoms with E-state index < -0.39 is 10.0 Å². The molecule has 2 rings (SSSR count). The Morgan fingerprint density at radius 3 is 2.71 bits per heavy atom. The molecule has 0 aromatic carbocycles. The van der Waals surface area contributed by atoms with Crippen molar-refractivity contribution >= 4 is 15.7 Å². The molecular formula is C15H25N3O2S. The van der Waals surface area contributed by atoms with Gasteiger partial charge in [0.05, 0.1) is 5.69 Å². The zero-order valence-corrected chi connectivity index (χ0v) is 13.7. The molecule has 21 heavy (non-hydrogen) atoms. The molecule has 0 atom stereocenters. The van der Waals surface area contributed by atoms with Crippen LogP contribution in [0.25, 0.3) is 0 Å². The molecule has 0 aliphatic heterocycles. The van der Waals surface area contributed by atoms with Crippen LogP contribution in [0.3, 0.4) is 0 Å². The summed E-state index contributed by atoms with van der Waals surface area (Å²) in [4.78, 5) is 4.25. The van der Waals surface area contributed by atoms with Crippen LogP contribution in [0.4, 0.5) is 5.69 Å². The lowest BCUT2D eigenvalue weighted by Gasteiger charge is -2.27. The van der Waals surface area contributed by atoms with Crippen LogP contribution >= 0.6 is 0 Å². The predicted octanol–water partition coefficient (Wildman–Crippen LogP) is 2.71. The first-order valence-electron chi connectivity index (χ1n) is 7.70. The normalized spacial score (nSPS) is 17.1. The summed E-state index contributed by atoms with van der Waals surface area (Å²) in [5.74, 6) is 0.484. The first-order valence-corrected chi connectivity index (χ1v) is 9.14. The van der Waals surface area contributed by atoms with Crippen LogP contribution in [-0.4, -0.2) is 37.8 Å². The average Bonchev–Trinajstić information content (AvgIpc) is 2.49. The summed E-state index contributed by atoms with van der Waals surface area (Å²) in [5, 5.41) is 3.09. The summed E-state index contributed by atoms with van der Waals surface area (Å²) in [6, 6.07) is 1.71. The fourth-order valence-electron chi connectivity index (χ4n) is 2.92. The highest BCUT2D eigenvalue weighted by molar-refractivity contribution is 7.89. The van der Waals surface area contributed by atoms with E-state index in [2.05, 4.69) is 10.3 Å². The van der Waals surface area contributed by atoms with Gasteiger partial charge in [-0.2, -0.15) is 0 Å². The average molecular weight is 311 g/mol. The van der Waals surface area contributed by atoms with E-state index in [0.29, 0.717) is 24.7 Å². The molecule has 1 N–H and O–H groups in total. The summed E-state index contributed by atoms with van der Waals surface area (Å²) in [6.07, 6.45) is 9.02. The summed E-state index contributed by atoms with van der Waals surface area (Å²) < 4.78 is 27.0. The third kappa shape index (κ3) is 3.95. The first-order chi connectivity index (χ1) is 10.1. The summed E-state index contributed by atoms with van der Waals surface area (Å²) in [7, 11) is -1.81. The van der Waals surface area contributed by atoms with Crippen molar-refractivity contribution in [3.63, 3.8) is 0 Å². The molecule has 1 saturated carbocycles. The van der Waals surface area contributed by atoms with Crippen molar-refractivity contribution < 1.29 is 8.42 Å².